The van der Waals surface area contributed by atoms with Crippen molar-refractivity contribution in [2.75, 3.05) is 12.3 Å². The van der Waals surface area contributed by atoms with Gasteiger partial charge in [-0.2, -0.15) is 0 Å². The highest BCUT2D eigenvalue weighted by Crippen LogP contribution is 2.52. The van der Waals surface area contributed by atoms with E-state index in [4.69, 9.17) is 0 Å². The third-order valence-electron chi connectivity index (χ3n) is 5.28. The second-order valence-electron chi connectivity index (χ2n) is 7.69. The van der Waals surface area contributed by atoms with E-state index in [-0.39, 0.29) is 7.92 Å². The SMILES string of the molecule is CCCCCCCCP(CCCCCCCC)C(C)(C)CC. The van der Waals surface area contributed by atoms with Gasteiger partial charge in [0.05, 0.1) is 0 Å². The second-order valence-corrected chi connectivity index (χ2v) is 10.9. The molecule has 0 amide bonds. The second kappa shape index (κ2) is 15.0. The van der Waals surface area contributed by atoms with Crippen molar-refractivity contribution in [1.82, 2.24) is 0 Å². The molecule has 22 heavy (non-hydrogen) atoms. The van der Waals surface area contributed by atoms with Crippen LogP contribution in [0.1, 0.15) is 118 Å². The lowest BCUT2D eigenvalue weighted by Gasteiger charge is -2.34. The summed E-state index contributed by atoms with van der Waals surface area (Å²) in [6.07, 6.45) is 21.9. The van der Waals surface area contributed by atoms with Gasteiger partial charge in [0.25, 0.3) is 0 Å². The van der Waals surface area contributed by atoms with Crippen LogP contribution in [-0.2, 0) is 0 Å². The number of hydrogen-bond acceptors (Lipinski definition) is 0. The van der Waals surface area contributed by atoms with Crippen LogP contribution in [0.4, 0.5) is 0 Å². The van der Waals surface area contributed by atoms with Gasteiger partial charge in [-0.15, -0.1) is 7.92 Å². The van der Waals surface area contributed by atoms with Crippen molar-refractivity contribution in [1.29, 1.82) is 0 Å². The van der Waals surface area contributed by atoms with Crippen molar-refractivity contribution in [3.8, 4) is 0 Å². The van der Waals surface area contributed by atoms with Gasteiger partial charge < -0.3 is 0 Å². The molecule has 0 atom stereocenters. The average molecular weight is 329 g/mol. The Bertz CT molecular complexity index is 206. The van der Waals surface area contributed by atoms with Crippen LogP contribution in [0, 0.1) is 0 Å². The maximum Gasteiger partial charge on any atom is -0.0154 e. The molecule has 134 valence electrons. The van der Waals surface area contributed by atoms with Crippen molar-refractivity contribution < 1.29 is 0 Å². The van der Waals surface area contributed by atoms with Gasteiger partial charge in [-0.3, -0.25) is 0 Å². The van der Waals surface area contributed by atoms with Gasteiger partial charge in [0.15, 0.2) is 0 Å². The lowest BCUT2D eigenvalue weighted by molar-refractivity contribution is 0.612. The molecule has 0 nitrogen and oxygen atoms in total. The molecule has 0 rings (SSSR count). The first kappa shape index (κ1) is 22.4. The number of hydrogen-bond donors (Lipinski definition) is 0. The Morgan fingerprint density at radius 2 is 0.909 bits per heavy atom. The normalized spacial score (nSPS) is 12.3. The molecular weight excluding hydrogens is 283 g/mol. The Balaban J connectivity index is 3.91. The first-order valence-electron chi connectivity index (χ1n) is 10.3. The van der Waals surface area contributed by atoms with Crippen molar-refractivity contribution >= 4 is 7.92 Å². The zero-order chi connectivity index (χ0) is 16.7. The molecule has 0 heterocycles. The van der Waals surface area contributed by atoms with E-state index >= 15 is 0 Å². The van der Waals surface area contributed by atoms with E-state index in [1.807, 2.05) is 0 Å². The largest absolute Gasteiger partial charge is 0.101 e. The van der Waals surface area contributed by atoms with Crippen LogP contribution < -0.4 is 0 Å². The van der Waals surface area contributed by atoms with Crippen LogP contribution in [0.3, 0.4) is 0 Å². The molecule has 0 aromatic carbocycles. The monoisotopic (exact) mass is 328 g/mol. The molecule has 0 saturated heterocycles. The topological polar surface area (TPSA) is 0 Å². The Morgan fingerprint density at radius 3 is 1.27 bits per heavy atom. The Kier molecular flexibility index (Phi) is 15.3. The van der Waals surface area contributed by atoms with E-state index < -0.39 is 0 Å². The lowest BCUT2D eigenvalue weighted by atomic mass is 10.1. The molecule has 0 bridgehead atoms. The average Bonchev–Trinajstić information content (AvgIpc) is 2.51. The van der Waals surface area contributed by atoms with Crippen LogP contribution >= 0.6 is 7.92 Å². The van der Waals surface area contributed by atoms with Crippen LogP contribution in [-0.4, -0.2) is 17.5 Å². The Morgan fingerprint density at radius 1 is 0.545 bits per heavy atom. The summed E-state index contributed by atoms with van der Waals surface area (Å²) in [7, 11) is 0.247. The fourth-order valence-electron chi connectivity index (χ4n) is 3.11. The van der Waals surface area contributed by atoms with Crippen LogP contribution in [0.2, 0.25) is 0 Å². The van der Waals surface area contributed by atoms with Crippen LogP contribution in [0.5, 0.6) is 0 Å². The maximum atomic E-state index is 2.53. The van der Waals surface area contributed by atoms with Gasteiger partial charge in [-0.25, -0.2) is 0 Å². The number of rotatable bonds is 16. The molecule has 0 aliphatic rings. The fourth-order valence-corrected chi connectivity index (χ4v) is 6.20. The van der Waals surface area contributed by atoms with E-state index in [0.717, 1.165) is 0 Å². The molecule has 0 aromatic rings. The van der Waals surface area contributed by atoms with Crippen molar-refractivity contribution in [3.63, 3.8) is 0 Å². The van der Waals surface area contributed by atoms with E-state index in [2.05, 4.69) is 34.6 Å². The van der Waals surface area contributed by atoms with Gasteiger partial charge in [0.1, 0.15) is 0 Å². The molecule has 0 spiro atoms. The summed E-state index contributed by atoms with van der Waals surface area (Å²) in [5.74, 6) is 0. The van der Waals surface area contributed by atoms with E-state index in [1.54, 1.807) is 0 Å². The highest BCUT2D eigenvalue weighted by atomic mass is 31.1. The molecule has 0 aliphatic carbocycles. The first-order valence-corrected chi connectivity index (χ1v) is 12.0. The highest BCUT2D eigenvalue weighted by Gasteiger charge is 2.25. The van der Waals surface area contributed by atoms with Gasteiger partial charge in [-0.1, -0.05) is 98.8 Å². The molecular formula is C21H45P. The smallest absolute Gasteiger partial charge is 0.0154 e. The minimum atomic E-state index is 0.247. The Labute approximate surface area is 144 Å². The van der Waals surface area contributed by atoms with Crippen molar-refractivity contribution in [2.45, 2.75) is 123 Å². The minimum absolute atomic E-state index is 0.247. The van der Waals surface area contributed by atoms with Gasteiger partial charge in [0.2, 0.25) is 0 Å². The molecule has 0 fully saturated rings. The van der Waals surface area contributed by atoms with Gasteiger partial charge in [0, 0.05) is 0 Å². The minimum Gasteiger partial charge on any atom is -0.101 e. The van der Waals surface area contributed by atoms with Gasteiger partial charge >= 0.3 is 0 Å². The van der Waals surface area contributed by atoms with E-state index in [9.17, 15) is 0 Å². The van der Waals surface area contributed by atoms with Crippen LogP contribution in [0.15, 0.2) is 0 Å². The summed E-state index contributed by atoms with van der Waals surface area (Å²) in [4.78, 5) is 0. The van der Waals surface area contributed by atoms with E-state index in [0.29, 0.717) is 5.16 Å². The summed E-state index contributed by atoms with van der Waals surface area (Å²) in [6.45, 7) is 12.1. The predicted molar refractivity (Wildman–Crippen MR) is 108 cm³/mol. The zero-order valence-corrected chi connectivity index (χ0v) is 17.4. The highest BCUT2D eigenvalue weighted by molar-refractivity contribution is 7.59. The van der Waals surface area contributed by atoms with Crippen LogP contribution in [0.25, 0.3) is 0 Å². The summed E-state index contributed by atoms with van der Waals surface area (Å²) < 4.78 is 0. The van der Waals surface area contributed by atoms with E-state index in [1.165, 1.54) is 95.8 Å². The van der Waals surface area contributed by atoms with Crippen molar-refractivity contribution in [3.05, 3.63) is 0 Å². The summed E-state index contributed by atoms with van der Waals surface area (Å²) >= 11 is 0. The molecule has 0 aromatic heterocycles. The third-order valence-corrected chi connectivity index (χ3v) is 9.02. The quantitative estimate of drug-likeness (QED) is 0.197. The fraction of sp³-hybridized carbons (Fsp3) is 1.00. The summed E-state index contributed by atoms with van der Waals surface area (Å²) in [5.41, 5.74) is 0. The summed E-state index contributed by atoms with van der Waals surface area (Å²) in [6, 6.07) is 0. The Hall–Kier alpha value is 0.430. The summed E-state index contributed by atoms with van der Waals surface area (Å²) in [5, 5.41) is 0.613. The molecule has 0 N–H and O–H groups in total. The zero-order valence-electron chi connectivity index (χ0n) is 16.6. The molecule has 0 saturated carbocycles. The first-order chi connectivity index (χ1) is 10.6. The predicted octanol–water partition coefficient (Wildman–Crippen LogP) is 8.38. The standard InChI is InChI=1S/C21H45P/c1-6-9-11-13-15-17-19-22(21(4,5)8-3)20-18-16-14-12-10-7-2/h6-20H2,1-5H3. The molecule has 1 heteroatoms. The lowest BCUT2D eigenvalue weighted by Crippen LogP contribution is -2.19. The van der Waals surface area contributed by atoms with Gasteiger partial charge in [-0.05, 0) is 36.7 Å². The number of unbranched alkanes of at least 4 members (excludes halogenated alkanes) is 10. The molecule has 0 radical (unpaired) electrons. The molecule has 0 unspecified atom stereocenters. The molecule has 0 aliphatic heterocycles. The third kappa shape index (κ3) is 11.9. The maximum absolute atomic E-state index is 2.53. The van der Waals surface area contributed by atoms with Crippen molar-refractivity contribution in [2.24, 2.45) is 0 Å².